The monoisotopic (exact) mass is 270 g/mol. The Kier molecular flexibility index (Phi) is 4.13. The summed E-state index contributed by atoms with van der Waals surface area (Å²) in [5, 5.41) is 10.6. The Balaban J connectivity index is 1.92. The van der Waals surface area contributed by atoms with E-state index in [1.54, 1.807) is 0 Å². The Morgan fingerprint density at radius 1 is 1.61 bits per heavy atom. The van der Waals surface area contributed by atoms with Crippen LogP contribution < -0.4 is 10.6 Å². The number of hydrogen-bond donors (Lipinski definition) is 2. The first kappa shape index (κ1) is 13.2. The fourth-order valence-electron chi connectivity index (χ4n) is 2.16. The Hall–Kier alpha value is -1.21. The normalized spacial score (nSPS) is 18.9. The van der Waals surface area contributed by atoms with Crippen LogP contribution >= 0.6 is 11.5 Å². The fourth-order valence-corrected chi connectivity index (χ4v) is 2.96. The lowest BCUT2D eigenvalue weighted by Crippen LogP contribution is -2.42. The van der Waals surface area contributed by atoms with Crippen LogP contribution in [0.1, 0.15) is 25.6 Å². The molecule has 1 aliphatic heterocycles. The van der Waals surface area contributed by atoms with Crippen LogP contribution in [0.5, 0.6) is 0 Å². The van der Waals surface area contributed by atoms with Gasteiger partial charge < -0.3 is 15.7 Å². The second kappa shape index (κ2) is 5.62. The molecule has 0 spiro atoms. The summed E-state index contributed by atoms with van der Waals surface area (Å²) < 4.78 is 4.26. The van der Waals surface area contributed by atoms with Gasteiger partial charge in [0.05, 0.1) is 0 Å². The molecule has 0 unspecified atom stereocenters. The van der Waals surface area contributed by atoms with E-state index in [0.29, 0.717) is 0 Å². The molecule has 1 aromatic heterocycles. The lowest BCUT2D eigenvalue weighted by Gasteiger charge is -2.32. The van der Waals surface area contributed by atoms with E-state index in [-0.39, 0.29) is 5.92 Å². The topological polar surface area (TPSA) is 92.3 Å². The number of aromatic nitrogens is 2. The summed E-state index contributed by atoms with van der Waals surface area (Å²) >= 11 is 1.41. The van der Waals surface area contributed by atoms with Gasteiger partial charge in [0.25, 0.3) is 0 Å². The first-order chi connectivity index (χ1) is 8.61. The number of aliphatic hydroxyl groups excluding tert-OH is 1. The smallest absolute Gasteiger partial charge is 0.246 e. The van der Waals surface area contributed by atoms with Crippen LogP contribution in [0.25, 0.3) is 0 Å². The van der Waals surface area contributed by atoms with Crippen LogP contribution in [0.2, 0.25) is 0 Å². The van der Waals surface area contributed by atoms with Crippen molar-refractivity contribution in [2.24, 2.45) is 11.7 Å². The van der Waals surface area contributed by atoms with Gasteiger partial charge in [-0.1, -0.05) is 6.92 Å². The summed E-state index contributed by atoms with van der Waals surface area (Å²) in [6.07, 6.45) is 1.33. The molecule has 6 nitrogen and oxygen atoms in total. The predicted octanol–water partition coefficient (Wildman–Crippen LogP) is 0.163. The van der Waals surface area contributed by atoms with Crippen molar-refractivity contribution in [1.82, 2.24) is 9.36 Å². The van der Waals surface area contributed by atoms with Crippen LogP contribution in [0.4, 0.5) is 5.13 Å². The summed E-state index contributed by atoms with van der Waals surface area (Å²) in [6.45, 7) is 3.60. The molecule has 0 radical (unpaired) electrons. The molecule has 2 rings (SSSR count). The molecular formula is C11H18N4O2S. The number of hydrogen-bond acceptors (Lipinski definition) is 6. The van der Waals surface area contributed by atoms with Gasteiger partial charge in [0, 0.05) is 31.0 Å². The summed E-state index contributed by atoms with van der Waals surface area (Å²) in [5.74, 6) is 0.212. The minimum Gasteiger partial charge on any atom is -0.383 e. The molecule has 2 heterocycles. The molecule has 18 heavy (non-hydrogen) atoms. The van der Waals surface area contributed by atoms with Crippen LogP contribution in [0.3, 0.4) is 0 Å². The van der Waals surface area contributed by atoms with E-state index in [9.17, 15) is 9.90 Å². The number of carbonyl (C=O) groups is 1. The van der Waals surface area contributed by atoms with Gasteiger partial charge in [0.15, 0.2) is 0 Å². The fraction of sp³-hybridized carbons (Fsp3) is 0.727. The zero-order chi connectivity index (χ0) is 13.1. The van der Waals surface area contributed by atoms with Gasteiger partial charge in [-0.25, -0.2) is 4.98 Å². The minimum atomic E-state index is -1.02. The van der Waals surface area contributed by atoms with Crippen LogP contribution in [0.15, 0.2) is 0 Å². The summed E-state index contributed by atoms with van der Waals surface area (Å²) in [7, 11) is 0. The molecule has 1 amide bonds. The molecule has 1 atom stereocenters. The quantitative estimate of drug-likeness (QED) is 0.813. The zero-order valence-electron chi connectivity index (χ0n) is 10.4. The van der Waals surface area contributed by atoms with Crippen LogP contribution in [-0.4, -0.2) is 39.6 Å². The van der Waals surface area contributed by atoms with E-state index in [4.69, 9.17) is 5.73 Å². The van der Waals surface area contributed by atoms with Gasteiger partial charge in [-0.3, -0.25) is 4.79 Å². The van der Waals surface area contributed by atoms with Gasteiger partial charge >= 0.3 is 0 Å². The number of aliphatic hydroxyl groups is 1. The molecule has 1 aliphatic rings. The number of aryl methyl sites for hydroxylation is 1. The molecule has 3 N–H and O–H groups in total. The van der Waals surface area contributed by atoms with Gasteiger partial charge in [-0.15, -0.1) is 0 Å². The van der Waals surface area contributed by atoms with Crippen molar-refractivity contribution in [2.45, 2.75) is 32.3 Å². The number of nitrogens with two attached hydrogens (primary N) is 1. The molecule has 100 valence electrons. The highest BCUT2D eigenvalue weighted by Crippen LogP contribution is 2.26. The second-order valence-electron chi connectivity index (χ2n) is 4.52. The average Bonchev–Trinajstić information content (AvgIpc) is 2.86. The van der Waals surface area contributed by atoms with Gasteiger partial charge in [-0.2, -0.15) is 4.37 Å². The van der Waals surface area contributed by atoms with E-state index >= 15 is 0 Å². The summed E-state index contributed by atoms with van der Waals surface area (Å²) in [6, 6.07) is 0. The van der Waals surface area contributed by atoms with Crippen molar-refractivity contribution in [3.8, 4) is 0 Å². The molecule has 7 heteroatoms. The van der Waals surface area contributed by atoms with Crippen molar-refractivity contribution >= 4 is 22.6 Å². The SMILES string of the molecule is CCc1nsc(N2CCC([C@H](O)C(N)=O)CC2)n1. The van der Waals surface area contributed by atoms with Crippen molar-refractivity contribution in [2.75, 3.05) is 18.0 Å². The van der Waals surface area contributed by atoms with Crippen molar-refractivity contribution in [1.29, 1.82) is 0 Å². The van der Waals surface area contributed by atoms with Crippen molar-refractivity contribution in [3.63, 3.8) is 0 Å². The Bertz CT molecular complexity index is 415. The maximum atomic E-state index is 10.9. The first-order valence-electron chi connectivity index (χ1n) is 6.16. The highest BCUT2D eigenvalue weighted by atomic mass is 32.1. The van der Waals surface area contributed by atoms with Crippen molar-refractivity contribution in [3.05, 3.63) is 5.82 Å². The second-order valence-corrected chi connectivity index (χ2v) is 5.25. The minimum absolute atomic E-state index is 0.0303. The number of rotatable bonds is 4. The number of piperidine rings is 1. The number of nitrogens with zero attached hydrogens (tertiary/aromatic N) is 3. The third kappa shape index (κ3) is 2.78. The molecule has 0 bridgehead atoms. The number of primary amides is 1. The van der Waals surface area contributed by atoms with E-state index in [0.717, 1.165) is 43.3 Å². The Morgan fingerprint density at radius 2 is 2.28 bits per heavy atom. The summed E-state index contributed by atoms with van der Waals surface area (Å²) in [4.78, 5) is 17.5. The number of anilines is 1. The molecule has 0 aromatic carbocycles. The molecule has 1 fully saturated rings. The third-order valence-corrected chi connectivity index (χ3v) is 4.14. The Morgan fingerprint density at radius 3 is 2.78 bits per heavy atom. The molecular weight excluding hydrogens is 252 g/mol. The van der Waals surface area contributed by atoms with Gasteiger partial charge in [0.2, 0.25) is 11.0 Å². The van der Waals surface area contributed by atoms with E-state index in [1.807, 2.05) is 6.92 Å². The largest absolute Gasteiger partial charge is 0.383 e. The Labute approximate surface area is 110 Å². The lowest BCUT2D eigenvalue weighted by atomic mass is 9.91. The van der Waals surface area contributed by atoms with Gasteiger partial charge in [-0.05, 0) is 18.8 Å². The highest BCUT2D eigenvalue weighted by Gasteiger charge is 2.29. The van der Waals surface area contributed by atoms with E-state index in [2.05, 4.69) is 14.3 Å². The molecule has 1 aromatic rings. The average molecular weight is 270 g/mol. The first-order valence-corrected chi connectivity index (χ1v) is 6.94. The van der Waals surface area contributed by atoms with Crippen LogP contribution in [-0.2, 0) is 11.2 Å². The number of amides is 1. The van der Waals surface area contributed by atoms with E-state index in [1.165, 1.54) is 11.5 Å². The van der Waals surface area contributed by atoms with E-state index < -0.39 is 12.0 Å². The van der Waals surface area contributed by atoms with Gasteiger partial charge in [0.1, 0.15) is 11.9 Å². The molecule has 0 aliphatic carbocycles. The maximum Gasteiger partial charge on any atom is 0.246 e. The summed E-state index contributed by atoms with van der Waals surface area (Å²) in [5.41, 5.74) is 5.11. The van der Waals surface area contributed by atoms with Crippen LogP contribution in [0, 0.1) is 5.92 Å². The standard InChI is InChI=1S/C11H18N4O2S/c1-2-8-13-11(18-14-8)15-5-3-7(4-6-15)9(16)10(12)17/h7,9,16H,2-6H2,1H3,(H2,12,17)/t9-/m0/s1. The van der Waals surface area contributed by atoms with Crippen molar-refractivity contribution < 1.29 is 9.90 Å². The predicted molar refractivity (Wildman–Crippen MR) is 69.4 cm³/mol. The zero-order valence-corrected chi connectivity index (χ0v) is 11.2. The maximum absolute atomic E-state index is 10.9. The molecule has 1 saturated heterocycles. The molecule has 0 saturated carbocycles. The lowest BCUT2D eigenvalue weighted by molar-refractivity contribution is -0.129. The third-order valence-electron chi connectivity index (χ3n) is 3.32. The number of carbonyl (C=O) groups excluding carboxylic acids is 1. The highest BCUT2D eigenvalue weighted by molar-refractivity contribution is 7.09.